The molecule has 1 aromatic rings. The van der Waals surface area contributed by atoms with Crippen LogP contribution < -0.4 is 5.32 Å². The highest BCUT2D eigenvalue weighted by Gasteiger charge is 2.11. The lowest BCUT2D eigenvalue weighted by Gasteiger charge is -2.19. The molecule has 0 saturated heterocycles. The third-order valence-electron chi connectivity index (χ3n) is 3.59. The van der Waals surface area contributed by atoms with Gasteiger partial charge in [-0.15, -0.1) is 0 Å². The molecule has 0 aliphatic rings. The number of unbranched alkanes of at least 4 members (excludes halogenated alkanes) is 1. The highest BCUT2D eigenvalue weighted by atomic mass is 16.3. The second-order valence-corrected chi connectivity index (χ2v) is 6.04. The lowest BCUT2D eigenvalue weighted by Crippen LogP contribution is -2.24. The first-order chi connectivity index (χ1) is 9.56. The molecule has 1 heterocycles. The monoisotopic (exact) mass is 280 g/mol. The molecule has 0 aromatic carbocycles. The van der Waals surface area contributed by atoms with Crippen molar-refractivity contribution in [2.75, 3.05) is 19.6 Å². The minimum Gasteiger partial charge on any atom is -0.465 e. The summed E-state index contributed by atoms with van der Waals surface area (Å²) in [7, 11) is 0. The third kappa shape index (κ3) is 6.10. The van der Waals surface area contributed by atoms with Crippen molar-refractivity contribution < 1.29 is 4.42 Å². The second kappa shape index (κ2) is 9.19. The fourth-order valence-electron chi connectivity index (χ4n) is 2.29. The van der Waals surface area contributed by atoms with Crippen LogP contribution in [-0.2, 0) is 13.1 Å². The van der Waals surface area contributed by atoms with Crippen LogP contribution in [0.2, 0.25) is 0 Å². The van der Waals surface area contributed by atoms with Crippen molar-refractivity contribution >= 4 is 0 Å². The van der Waals surface area contributed by atoms with Crippen molar-refractivity contribution in [1.29, 1.82) is 0 Å². The summed E-state index contributed by atoms with van der Waals surface area (Å²) in [6.07, 6.45) is 2.53. The number of aryl methyl sites for hydroxylation is 1. The topological polar surface area (TPSA) is 28.4 Å². The summed E-state index contributed by atoms with van der Waals surface area (Å²) >= 11 is 0. The minimum absolute atomic E-state index is 0.676. The first-order valence-electron chi connectivity index (χ1n) is 8.08. The van der Waals surface area contributed by atoms with E-state index in [4.69, 9.17) is 4.42 Å². The van der Waals surface area contributed by atoms with Crippen LogP contribution in [0.4, 0.5) is 0 Å². The largest absolute Gasteiger partial charge is 0.465 e. The molecule has 3 heteroatoms. The number of furan rings is 1. The Bertz CT molecular complexity index is 371. The van der Waals surface area contributed by atoms with Gasteiger partial charge in [-0.05, 0) is 45.0 Å². The van der Waals surface area contributed by atoms with Crippen LogP contribution in [0, 0.1) is 12.8 Å². The molecule has 20 heavy (non-hydrogen) atoms. The fraction of sp³-hybridized carbons (Fsp3) is 0.765. The highest BCUT2D eigenvalue weighted by Crippen LogP contribution is 2.17. The zero-order valence-corrected chi connectivity index (χ0v) is 14.0. The Balaban J connectivity index is 2.51. The molecule has 1 rings (SSSR count). The van der Waals surface area contributed by atoms with Gasteiger partial charge in [-0.2, -0.15) is 0 Å². The number of hydrogen-bond donors (Lipinski definition) is 1. The van der Waals surface area contributed by atoms with Gasteiger partial charge in [0.1, 0.15) is 11.5 Å². The summed E-state index contributed by atoms with van der Waals surface area (Å²) in [6.45, 7) is 16.2. The van der Waals surface area contributed by atoms with Crippen LogP contribution in [0.25, 0.3) is 0 Å². The zero-order valence-electron chi connectivity index (χ0n) is 14.0. The van der Waals surface area contributed by atoms with Gasteiger partial charge < -0.3 is 9.73 Å². The second-order valence-electron chi connectivity index (χ2n) is 6.04. The molecule has 0 bridgehead atoms. The van der Waals surface area contributed by atoms with Crippen LogP contribution in [-0.4, -0.2) is 24.5 Å². The zero-order chi connectivity index (χ0) is 15.0. The number of hydrogen-bond acceptors (Lipinski definition) is 3. The van der Waals surface area contributed by atoms with Gasteiger partial charge >= 0.3 is 0 Å². The maximum atomic E-state index is 5.86. The quantitative estimate of drug-likeness (QED) is 0.703. The van der Waals surface area contributed by atoms with Crippen molar-refractivity contribution in [2.45, 2.75) is 60.5 Å². The van der Waals surface area contributed by atoms with E-state index in [1.54, 1.807) is 0 Å². The van der Waals surface area contributed by atoms with Gasteiger partial charge in [0.2, 0.25) is 0 Å². The maximum Gasteiger partial charge on any atom is 0.118 e. The molecule has 0 fully saturated rings. The van der Waals surface area contributed by atoms with Gasteiger partial charge in [0.25, 0.3) is 0 Å². The molecule has 0 amide bonds. The van der Waals surface area contributed by atoms with Crippen LogP contribution in [0.15, 0.2) is 10.5 Å². The van der Waals surface area contributed by atoms with Crippen LogP contribution in [0.1, 0.15) is 57.6 Å². The predicted molar refractivity (Wildman–Crippen MR) is 85.8 cm³/mol. The Labute approximate surface area is 124 Å². The van der Waals surface area contributed by atoms with E-state index < -0.39 is 0 Å². The molecule has 0 atom stereocenters. The van der Waals surface area contributed by atoms with E-state index in [0.717, 1.165) is 37.7 Å². The van der Waals surface area contributed by atoms with E-state index in [-0.39, 0.29) is 0 Å². The van der Waals surface area contributed by atoms with Crippen molar-refractivity contribution in [1.82, 2.24) is 10.2 Å². The summed E-state index contributed by atoms with van der Waals surface area (Å²) in [6, 6.07) is 2.22. The fourth-order valence-corrected chi connectivity index (χ4v) is 2.29. The van der Waals surface area contributed by atoms with Crippen LogP contribution in [0.5, 0.6) is 0 Å². The third-order valence-corrected chi connectivity index (χ3v) is 3.59. The molecule has 0 spiro atoms. The van der Waals surface area contributed by atoms with E-state index in [1.807, 2.05) is 0 Å². The first-order valence-corrected chi connectivity index (χ1v) is 8.08. The first kappa shape index (κ1) is 17.3. The van der Waals surface area contributed by atoms with E-state index in [9.17, 15) is 0 Å². The van der Waals surface area contributed by atoms with Gasteiger partial charge in [0, 0.05) is 12.1 Å². The molecule has 116 valence electrons. The lowest BCUT2D eigenvalue weighted by atomic mass is 10.2. The summed E-state index contributed by atoms with van der Waals surface area (Å²) in [5.74, 6) is 2.81. The van der Waals surface area contributed by atoms with Gasteiger partial charge in [-0.25, -0.2) is 0 Å². The summed E-state index contributed by atoms with van der Waals surface area (Å²) in [5.41, 5.74) is 1.34. The number of nitrogens with zero attached hydrogens (tertiary/aromatic N) is 1. The van der Waals surface area contributed by atoms with Gasteiger partial charge in [-0.3, -0.25) is 4.90 Å². The van der Waals surface area contributed by atoms with E-state index in [2.05, 4.69) is 50.9 Å². The Morgan fingerprint density at radius 3 is 2.65 bits per heavy atom. The molecular weight excluding hydrogens is 248 g/mol. The molecule has 1 aromatic heterocycles. The van der Waals surface area contributed by atoms with Gasteiger partial charge in [0.05, 0.1) is 6.54 Å². The molecule has 3 nitrogen and oxygen atoms in total. The molecular formula is C17H32N2O. The average Bonchev–Trinajstić information content (AvgIpc) is 2.74. The minimum atomic E-state index is 0.676. The van der Waals surface area contributed by atoms with Crippen molar-refractivity contribution in [3.63, 3.8) is 0 Å². The smallest absolute Gasteiger partial charge is 0.118 e. The molecule has 0 radical (unpaired) electrons. The van der Waals surface area contributed by atoms with Gasteiger partial charge in [-0.1, -0.05) is 34.1 Å². The average molecular weight is 280 g/mol. The van der Waals surface area contributed by atoms with Crippen LogP contribution >= 0.6 is 0 Å². The molecule has 1 N–H and O–H groups in total. The summed E-state index contributed by atoms with van der Waals surface area (Å²) in [4.78, 5) is 2.49. The van der Waals surface area contributed by atoms with E-state index in [1.165, 1.54) is 24.9 Å². The molecule has 0 saturated carbocycles. The van der Waals surface area contributed by atoms with Crippen molar-refractivity contribution in [2.24, 2.45) is 5.92 Å². The number of rotatable bonds is 10. The molecule has 0 aliphatic carbocycles. The summed E-state index contributed by atoms with van der Waals surface area (Å²) < 4.78 is 5.86. The standard InChI is InChI=1S/C17H32N2O/c1-6-8-9-19(7-2)13-16-10-17(20-15(16)5)12-18-11-14(3)4/h10,14,18H,6-9,11-13H2,1-5H3. The Morgan fingerprint density at radius 2 is 2.05 bits per heavy atom. The predicted octanol–water partition coefficient (Wildman–Crippen LogP) is 3.96. The Hall–Kier alpha value is -0.800. The maximum absolute atomic E-state index is 5.86. The normalized spacial score (nSPS) is 11.8. The highest BCUT2D eigenvalue weighted by molar-refractivity contribution is 5.20. The molecule has 0 unspecified atom stereocenters. The van der Waals surface area contributed by atoms with E-state index in [0.29, 0.717) is 5.92 Å². The molecule has 0 aliphatic heterocycles. The van der Waals surface area contributed by atoms with Gasteiger partial charge in [0.15, 0.2) is 0 Å². The SMILES string of the molecule is CCCCN(CC)Cc1cc(CNCC(C)C)oc1C. The van der Waals surface area contributed by atoms with Crippen molar-refractivity contribution in [3.05, 3.63) is 23.2 Å². The van der Waals surface area contributed by atoms with Crippen molar-refractivity contribution in [3.8, 4) is 0 Å². The van der Waals surface area contributed by atoms with E-state index >= 15 is 0 Å². The Morgan fingerprint density at radius 1 is 1.30 bits per heavy atom. The summed E-state index contributed by atoms with van der Waals surface area (Å²) in [5, 5.41) is 3.44. The Kier molecular flexibility index (Phi) is 7.93. The lowest BCUT2D eigenvalue weighted by molar-refractivity contribution is 0.273. The van der Waals surface area contributed by atoms with Crippen LogP contribution in [0.3, 0.4) is 0 Å². The number of nitrogens with one attached hydrogen (secondary N) is 1.